The molecule has 0 saturated heterocycles. The van der Waals surface area contributed by atoms with Crippen LogP contribution in [-0.4, -0.2) is 116 Å². The third-order valence-electron chi connectivity index (χ3n) is 3.88. The molecule has 0 unspecified atom stereocenters. The second-order valence-electron chi connectivity index (χ2n) is 6.29. The van der Waals surface area contributed by atoms with Crippen LogP contribution in [0, 0.1) is 0 Å². The molecule has 0 radical (unpaired) electrons. The van der Waals surface area contributed by atoms with Gasteiger partial charge in [-0.15, -0.1) is 0 Å². The van der Waals surface area contributed by atoms with Gasteiger partial charge in [-0.25, -0.2) is 0 Å². The van der Waals surface area contributed by atoms with E-state index in [2.05, 4.69) is 0 Å². The predicted molar refractivity (Wildman–Crippen MR) is 115 cm³/mol. The van der Waals surface area contributed by atoms with Crippen LogP contribution in [0.5, 0.6) is 0 Å². The summed E-state index contributed by atoms with van der Waals surface area (Å²) in [7, 11) is 1.99. The Hall–Kier alpha value is -0.183. The van der Waals surface area contributed by atoms with E-state index in [0.717, 1.165) is 12.8 Å². The summed E-state index contributed by atoms with van der Waals surface area (Å²) >= 11 is 0. The van der Waals surface area contributed by atoms with Crippen molar-refractivity contribution in [1.29, 1.82) is 0 Å². The van der Waals surface area contributed by atoms with E-state index < -0.39 is 8.80 Å². The number of rotatable bonds is 25. The average Bonchev–Trinajstić information content (AvgIpc) is 2.75. The Bertz CT molecular complexity index is 302. The smallest absolute Gasteiger partial charge is 0.382 e. The van der Waals surface area contributed by atoms with Crippen molar-refractivity contribution in [3.05, 3.63) is 0 Å². The lowest BCUT2D eigenvalue weighted by atomic mass is 10.3. The topological polar surface area (TPSA) is 109 Å². The predicted octanol–water partition coefficient (Wildman–Crippen LogP) is 0.703. The van der Waals surface area contributed by atoms with Crippen LogP contribution in [0.2, 0.25) is 6.04 Å². The van der Waals surface area contributed by atoms with Gasteiger partial charge in [-0.1, -0.05) is 0 Å². The molecule has 10 nitrogen and oxygen atoms in total. The van der Waals surface area contributed by atoms with Crippen molar-refractivity contribution in [3.8, 4) is 0 Å². The van der Waals surface area contributed by atoms with Gasteiger partial charge in [0.25, 0.3) is 0 Å². The lowest BCUT2D eigenvalue weighted by molar-refractivity contribution is -0.0112. The van der Waals surface area contributed by atoms with Gasteiger partial charge >= 0.3 is 8.80 Å². The third-order valence-corrected chi connectivity index (χ3v) is 6.78. The molecule has 0 amide bonds. The first-order valence-electron chi connectivity index (χ1n) is 10.6. The summed E-state index contributed by atoms with van der Waals surface area (Å²) in [5, 5.41) is 0. The largest absolute Gasteiger partial charge is 0.501 e. The van der Waals surface area contributed by atoms with Crippen LogP contribution in [-0.2, 0) is 41.7 Å². The van der Waals surface area contributed by atoms with Crippen molar-refractivity contribution >= 4 is 8.80 Å². The fourth-order valence-corrected chi connectivity index (χ4v) is 4.88. The summed E-state index contributed by atoms with van der Waals surface area (Å²) in [4.78, 5) is 0. The van der Waals surface area contributed by atoms with Gasteiger partial charge in [0.05, 0.1) is 79.3 Å². The van der Waals surface area contributed by atoms with Gasteiger partial charge in [0.2, 0.25) is 0 Å². The van der Waals surface area contributed by atoms with Crippen LogP contribution in [0.4, 0.5) is 0 Å². The number of hydrogen-bond acceptors (Lipinski definition) is 10. The molecule has 0 saturated carbocycles. The first-order valence-corrected chi connectivity index (χ1v) is 12.5. The molecular formula is C19H43NO9Si. The van der Waals surface area contributed by atoms with Crippen molar-refractivity contribution in [2.45, 2.75) is 18.9 Å². The molecule has 30 heavy (non-hydrogen) atoms. The Morgan fingerprint density at radius 1 is 0.500 bits per heavy atom. The molecule has 0 aromatic heterocycles. The Morgan fingerprint density at radius 2 is 0.867 bits per heavy atom. The molecule has 0 aromatic rings. The highest BCUT2D eigenvalue weighted by molar-refractivity contribution is 6.60. The quantitative estimate of drug-likeness (QED) is 0.155. The lowest BCUT2D eigenvalue weighted by Crippen LogP contribution is -2.48. The standard InChI is InChI=1S/C19H43NO9Si/c1-21-7-10-24-13-16-27-30(19-5-4-6-20,28-17-14-25-11-8-22-2)29-18-15-26-12-9-23-3/h4-20H2,1-3H3. The zero-order valence-corrected chi connectivity index (χ0v) is 20.1. The second kappa shape index (κ2) is 23.5. The molecule has 0 aliphatic rings. The maximum Gasteiger partial charge on any atom is 0.501 e. The van der Waals surface area contributed by atoms with Gasteiger partial charge in [-0.2, -0.15) is 0 Å². The summed E-state index contributed by atoms with van der Waals surface area (Å²) in [5.41, 5.74) is 5.66. The second-order valence-corrected chi connectivity index (χ2v) is 9.02. The molecule has 0 aliphatic carbocycles. The maximum absolute atomic E-state index is 6.14. The first kappa shape index (κ1) is 29.8. The van der Waals surface area contributed by atoms with Crippen LogP contribution >= 0.6 is 0 Å². The Balaban J connectivity index is 4.61. The first-order chi connectivity index (χ1) is 14.7. The van der Waals surface area contributed by atoms with E-state index in [9.17, 15) is 0 Å². The molecule has 2 N–H and O–H groups in total. The van der Waals surface area contributed by atoms with Gasteiger partial charge in [0.1, 0.15) is 0 Å². The van der Waals surface area contributed by atoms with Crippen molar-refractivity contribution in [2.24, 2.45) is 5.73 Å². The number of ether oxygens (including phenoxy) is 6. The van der Waals surface area contributed by atoms with E-state index in [-0.39, 0.29) is 0 Å². The van der Waals surface area contributed by atoms with E-state index in [0.29, 0.717) is 91.9 Å². The number of methoxy groups -OCH3 is 3. The van der Waals surface area contributed by atoms with Crippen molar-refractivity contribution < 1.29 is 41.7 Å². The van der Waals surface area contributed by atoms with Gasteiger partial charge in [-0.05, 0) is 19.4 Å². The highest BCUT2D eigenvalue weighted by Gasteiger charge is 2.40. The molecule has 182 valence electrons. The third kappa shape index (κ3) is 18.6. The molecule has 0 fully saturated rings. The lowest BCUT2D eigenvalue weighted by Gasteiger charge is -2.30. The van der Waals surface area contributed by atoms with Crippen LogP contribution < -0.4 is 5.73 Å². The van der Waals surface area contributed by atoms with Crippen molar-refractivity contribution in [2.75, 3.05) is 107 Å². The van der Waals surface area contributed by atoms with Crippen LogP contribution in [0.15, 0.2) is 0 Å². The average molecular weight is 458 g/mol. The molecule has 0 spiro atoms. The highest BCUT2D eigenvalue weighted by atomic mass is 28.4. The van der Waals surface area contributed by atoms with Crippen molar-refractivity contribution in [1.82, 2.24) is 0 Å². The van der Waals surface area contributed by atoms with Gasteiger partial charge in [-0.3, -0.25) is 0 Å². The van der Waals surface area contributed by atoms with Gasteiger partial charge < -0.3 is 47.4 Å². The molecule has 0 bridgehead atoms. The highest BCUT2D eigenvalue weighted by Crippen LogP contribution is 2.19. The number of nitrogens with two attached hydrogens (primary N) is 1. The maximum atomic E-state index is 6.14. The van der Waals surface area contributed by atoms with Gasteiger partial charge in [0, 0.05) is 27.4 Å². The summed E-state index contributed by atoms with van der Waals surface area (Å²) < 4.78 is 49.8. The number of unbranched alkanes of at least 4 members (excludes halogenated alkanes) is 1. The molecule has 11 heteroatoms. The monoisotopic (exact) mass is 457 g/mol. The fourth-order valence-electron chi connectivity index (χ4n) is 2.33. The normalized spacial score (nSPS) is 12.0. The molecule has 0 rings (SSSR count). The summed E-state index contributed by atoms with van der Waals surface area (Å²) in [6.45, 7) is 6.28. The summed E-state index contributed by atoms with van der Waals surface area (Å²) in [6.07, 6.45) is 1.74. The zero-order chi connectivity index (χ0) is 22.2. The minimum Gasteiger partial charge on any atom is -0.382 e. The van der Waals surface area contributed by atoms with Crippen molar-refractivity contribution in [3.63, 3.8) is 0 Å². The molecule has 0 aliphatic heterocycles. The minimum absolute atomic E-state index is 0.383. The Kier molecular flexibility index (Phi) is 23.3. The zero-order valence-electron chi connectivity index (χ0n) is 19.1. The molecular weight excluding hydrogens is 414 g/mol. The Morgan fingerprint density at radius 3 is 1.20 bits per heavy atom. The molecule has 0 atom stereocenters. The van der Waals surface area contributed by atoms with E-state index in [4.69, 9.17) is 47.4 Å². The van der Waals surface area contributed by atoms with Crippen LogP contribution in [0.3, 0.4) is 0 Å². The van der Waals surface area contributed by atoms with Gasteiger partial charge in [0.15, 0.2) is 0 Å². The Labute approximate surface area is 182 Å². The minimum atomic E-state index is -2.93. The van der Waals surface area contributed by atoms with Crippen LogP contribution in [0.25, 0.3) is 0 Å². The van der Waals surface area contributed by atoms with E-state index in [1.165, 1.54) is 0 Å². The van der Waals surface area contributed by atoms with E-state index in [1.54, 1.807) is 21.3 Å². The molecule has 0 heterocycles. The summed E-state index contributed by atoms with van der Waals surface area (Å²) in [5.74, 6) is 0. The number of hydrogen-bond donors (Lipinski definition) is 1. The molecule has 0 aromatic carbocycles. The SMILES string of the molecule is COCCOCCO[Si](CCCCN)(OCCOCCOC)OCCOCCOC. The fraction of sp³-hybridized carbons (Fsp3) is 1.00. The summed E-state index contributed by atoms with van der Waals surface area (Å²) in [6, 6.07) is 0.679. The van der Waals surface area contributed by atoms with E-state index in [1.807, 2.05) is 0 Å². The van der Waals surface area contributed by atoms with E-state index >= 15 is 0 Å². The van der Waals surface area contributed by atoms with Crippen LogP contribution in [0.1, 0.15) is 12.8 Å².